The monoisotopic (exact) mass is 274 g/mol. The van der Waals surface area contributed by atoms with Crippen LogP contribution in [-0.4, -0.2) is 60.9 Å². The van der Waals surface area contributed by atoms with E-state index in [-0.39, 0.29) is 6.09 Å². The molecule has 0 spiro atoms. The van der Waals surface area contributed by atoms with E-state index in [9.17, 15) is 4.79 Å². The Morgan fingerprint density at radius 2 is 2.11 bits per heavy atom. The van der Waals surface area contributed by atoms with E-state index in [1.165, 1.54) is 20.1 Å². The Balaban J connectivity index is 2.35. The number of rotatable bonds is 5. The van der Waals surface area contributed by atoms with Crippen LogP contribution in [0, 0.1) is 0 Å². The number of carbonyl (C=O) groups excluding carboxylic acids is 1. The summed E-state index contributed by atoms with van der Waals surface area (Å²) in [6, 6.07) is 0.354. The maximum atomic E-state index is 11.6. The molecule has 0 aromatic carbocycles. The molecule has 1 aliphatic heterocycles. The van der Waals surface area contributed by atoms with Crippen LogP contribution in [0.1, 0.15) is 33.1 Å². The number of likely N-dealkylation sites (tertiary alicyclic amines) is 1. The van der Waals surface area contributed by atoms with Gasteiger partial charge in [0.2, 0.25) is 0 Å². The van der Waals surface area contributed by atoms with Crippen LogP contribution in [0.25, 0.3) is 0 Å². The molecule has 0 saturated carbocycles. The molecular weight excluding hydrogens is 247 g/mol. The van der Waals surface area contributed by atoms with Gasteiger partial charge in [-0.3, -0.25) is 0 Å². The molecule has 0 bridgehead atoms. The predicted molar refractivity (Wildman–Crippen MR) is 78.0 cm³/mol. The van der Waals surface area contributed by atoms with Crippen LogP contribution in [0.3, 0.4) is 0 Å². The average Bonchev–Trinajstić information content (AvgIpc) is 2.38. The van der Waals surface area contributed by atoms with E-state index in [1.807, 2.05) is 11.8 Å². The van der Waals surface area contributed by atoms with Crippen molar-refractivity contribution >= 4 is 15.3 Å². The van der Waals surface area contributed by atoms with Gasteiger partial charge in [0.15, 0.2) is 0 Å². The summed E-state index contributed by atoms with van der Waals surface area (Å²) in [5.74, 6) is 0. The van der Waals surface area contributed by atoms with Gasteiger partial charge in [-0.1, -0.05) is 6.92 Å². The van der Waals surface area contributed by atoms with Crippen molar-refractivity contribution in [2.24, 2.45) is 0 Å². The molecule has 1 amide bonds. The maximum absolute atomic E-state index is 11.6. The summed E-state index contributed by atoms with van der Waals surface area (Å²) in [4.78, 5) is 16.0. The first-order valence-electron chi connectivity index (χ1n) is 6.91. The van der Waals surface area contributed by atoms with Gasteiger partial charge < -0.3 is 14.5 Å². The number of carbonyl (C=O) groups is 1. The van der Waals surface area contributed by atoms with Gasteiger partial charge in [0.05, 0.1) is 7.11 Å². The third kappa shape index (κ3) is 4.74. The van der Waals surface area contributed by atoms with Crippen LogP contribution in [0.5, 0.6) is 0 Å². The maximum Gasteiger partial charge on any atom is 0.409 e. The fourth-order valence-electron chi connectivity index (χ4n) is 2.49. The topological polar surface area (TPSA) is 32.8 Å². The minimum atomic E-state index is -0.186. The standard InChI is InChI=1S/C13H27N2O2P/c1-4-15(13(16)17-3)12-6-9-14(10-7-12)8-5-11(2)18/h11-12H,4-10,18H2,1-3H3. The summed E-state index contributed by atoms with van der Waals surface area (Å²) in [6.07, 6.45) is 3.17. The van der Waals surface area contributed by atoms with Crippen molar-refractivity contribution in [3.63, 3.8) is 0 Å². The number of methoxy groups -OCH3 is 1. The summed E-state index contributed by atoms with van der Waals surface area (Å²) in [5, 5.41) is 0. The summed E-state index contributed by atoms with van der Waals surface area (Å²) < 4.78 is 4.83. The third-order valence-electron chi connectivity index (χ3n) is 3.65. The van der Waals surface area contributed by atoms with Crippen molar-refractivity contribution in [2.45, 2.75) is 44.8 Å². The quantitative estimate of drug-likeness (QED) is 0.720. The fourth-order valence-corrected chi connectivity index (χ4v) is 2.64. The molecule has 1 fully saturated rings. The number of hydrogen-bond donors (Lipinski definition) is 0. The Kier molecular flexibility index (Phi) is 6.95. The first kappa shape index (κ1) is 15.7. The Morgan fingerprint density at radius 1 is 1.50 bits per heavy atom. The predicted octanol–water partition coefficient (Wildman–Crippen LogP) is 2.19. The van der Waals surface area contributed by atoms with Gasteiger partial charge in [0.1, 0.15) is 0 Å². The highest BCUT2D eigenvalue weighted by Gasteiger charge is 2.27. The van der Waals surface area contributed by atoms with E-state index < -0.39 is 0 Å². The first-order valence-corrected chi connectivity index (χ1v) is 7.57. The third-order valence-corrected chi connectivity index (χ3v) is 3.98. The second-order valence-electron chi connectivity index (χ2n) is 5.09. The molecule has 5 heteroatoms. The fraction of sp³-hybridized carbons (Fsp3) is 0.923. The van der Waals surface area contributed by atoms with Gasteiger partial charge in [0, 0.05) is 25.7 Å². The molecule has 1 rings (SSSR count). The highest BCUT2D eigenvalue weighted by Crippen LogP contribution is 2.18. The lowest BCUT2D eigenvalue weighted by atomic mass is 10.0. The van der Waals surface area contributed by atoms with E-state index in [0.717, 1.165) is 32.5 Å². The molecule has 2 atom stereocenters. The molecule has 106 valence electrons. The molecule has 0 aromatic rings. The van der Waals surface area contributed by atoms with Crippen molar-refractivity contribution in [1.82, 2.24) is 9.80 Å². The number of ether oxygens (including phenoxy) is 1. The van der Waals surface area contributed by atoms with Crippen LogP contribution in [-0.2, 0) is 4.74 Å². The zero-order valence-electron chi connectivity index (χ0n) is 11.9. The van der Waals surface area contributed by atoms with E-state index in [4.69, 9.17) is 4.74 Å². The van der Waals surface area contributed by atoms with Crippen LogP contribution < -0.4 is 0 Å². The van der Waals surface area contributed by atoms with Crippen molar-refractivity contribution in [3.8, 4) is 0 Å². The lowest BCUT2D eigenvalue weighted by Gasteiger charge is -2.37. The van der Waals surface area contributed by atoms with Gasteiger partial charge >= 0.3 is 6.09 Å². The van der Waals surface area contributed by atoms with Gasteiger partial charge in [-0.25, -0.2) is 4.79 Å². The number of hydrogen-bond acceptors (Lipinski definition) is 3. The molecule has 0 radical (unpaired) electrons. The Hall–Kier alpha value is -0.340. The van der Waals surface area contributed by atoms with Gasteiger partial charge in [-0.15, -0.1) is 9.24 Å². The minimum Gasteiger partial charge on any atom is -0.453 e. The van der Waals surface area contributed by atoms with E-state index in [1.54, 1.807) is 0 Å². The highest BCUT2D eigenvalue weighted by molar-refractivity contribution is 7.17. The molecular formula is C13H27N2O2P. The molecule has 2 unspecified atom stereocenters. The number of piperidine rings is 1. The van der Waals surface area contributed by atoms with E-state index in [2.05, 4.69) is 21.1 Å². The Bertz CT molecular complexity index is 253. The molecule has 1 heterocycles. The van der Waals surface area contributed by atoms with Crippen molar-refractivity contribution in [2.75, 3.05) is 33.3 Å². The normalized spacial score (nSPS) is 19.6. The van der Waals surface area contributed by atoms with Crippen LogP contribution in [0.2, 0.25) is 0 Å². The summed E-state index contributed by atoms with van der Waals surface area (Å²) in [5.41, 5.74) is 0.685. The SMILES string of the molecule is CCN(C(=O)OC)C1CCN(CCC(C)P)CC1. The van der Waals surface area contributed by atoms with E-state index in [0.29, 0.717) is 11.7 Å². The van der Waals surface area contributed by atoms with Crippen molar-refractivity contribution in [1.29, 1.82) is 0 Å². The zero-order chi connectivity index (χ0) is 13.5. The summed E-state index contributed by atoms with van der Waals surface area (Å²) >= 11 is 0. The summed E-state index contributed by atoms with van der Waals surface area (Å²) in [6.45, 7) is 8.33. The molecule has 1 aliphatic rings. The smallest absolute Gasteiger partial charge is 0.409 e. The molecule has 0 aliphatic carbocycles. The Morgan fingerprint density at radius 3 is 2.56 bits per heavy atom. The molecule has 4 nitrogen and oxygen atoms in total. The van der Waals surface area contributed by atoms with Crippen LogP contribution in [0.4, 0.5) is 4.79 Å². The zero-order valence-corrected chi connectivity index (χ0v) is 13.0. The van der Waals surface area contributed by atoms with Crippen molar-refractivity contribution in [3.05, 3.63) is 0 Å². The lowest BCUT2D eigenvalue weighted by molar-refractivity contribution is 0.0807. The van der Waals surface area contributed by atoms with Gasteiger partial charge in [0.25, 0.3) is 0 Å². The van der Waals surface area contributed by atoms with Crippen molar-refractivity contribution < 1.29 is 9.53 Å². The first-order chi connectivity index (χ1) is 8.58. The second kappa shape index (κ2) is 7.96. The molecule has 18 heavy (non-hydrogen) atoms. The van der Waals surface area contributed by atoms with Gasteiger partial charge in [-0.2, -0.15) is 0 Å². The molecule has 1 saturated heterocycles. The number of nitrogens with zero attached hydrogens (tertiary/aromatic N) is 2. The lowest BCUT2D eigenvalue weighted by Crippen LogP contribution is -2.47. The highest BCUT2D eigenvalue weighted by atomic mass is 31.0. The number of amides is 1. The van der Waals surface area contributed by atoms with Gasteiger partial charge in [-0.05, 0) is 38.4 Å². The van der Waals surface area contributed by atoms with E-state index >= 15 is 0 Å². The molecule has 0 aromatic heterocycles. The van der Waals surface area contributed by atoms with Crippen LogP contribution >= 0.6 is 9.24 Å². The van der Waals surface area contributed by atoms with Crippen LogP contribution in [0.15, 0.2) is 0 Å². The minimum absolute atomic E-state index is 0.186. The average molecular weight is 274 g/mol. The largest absolute Gasteiger partial charge is 0.453 e. The Labute approximate surface area is 113 Å². The summed E-state index contributed by atoms with van der Waals surface area (Å²) in [7, 11) is 4.31. The second-order valence-corrected chi connectivity index (χ2v) is 6.23. The molecule has 0 N–H and O–H groups in total.